The first-order chi connectivity index (χ1) is 19.4. The molecular weight excluding hydrogens is 573 g/mol. The number of carbonyl (C=O) groups excluding carboxylic acids is 2. The van der Waals surface area contributed by atoms with Crippen molar-refractivity contribution >= 4 is 52.5 Å². The number of benzene rings is 2. The molecule has 3 amide bonds. The van der Waals surface area contributed by atoms with Crippen LogP contribution in [0.1, 0.15) is 5.56 Å². The molecule has 4 aromatic rings. The van der Waals surface area contributed by atoms with Gasteiger partial charge in [0.15, 0.2) is 21.0 Å². The number of ether oxygens (including phenoxy) is 3. The predicted octanol–water partition coefficient (Wildman–Crippen LogP) is 5.09. The Balaban J connectivity index is 1.64. The number of aromatic nitrogens is 3. The molecule has 0 saturated heterocycles. The summed E-state index contributed by atoms with van der Waals surface area (Å²) >= 11 is 3.63. The van der Waals surface area contributed by atoms with E-state index in [-0.39, 0.29) is 16.5 Å². The van der Waals surface area contributed by atoms with Crippen molar-refractivity contribution in [2.45, 2.75) is 14.5 Å². The average Bonchev–Trinajstić information content (AvgIpc) is 3.48. The van der Waals surface area contributed by atoms with E-state index in [4.69, 9.17) is 14.2 Å². The van der Waals surface area contributed by atoms with E-state index in [1.54, 1.807) is 42.6 Å². The molecule has 14 heteroatoms. The van der Waals surface area contributed by atoms with Crippen LogP contribution in [-0.2, 0) is 4.79 Å². The zero-order valence-corrected chi connectivity index (χ0v) is 23.9. The topological polar surface area (TPSA) is 148 Å². The zero-order valence-electron chi connectivity index (χ0n) is 21.5. The number of thiazole rings is 1. The Labute approximate surface area is 242 Å². The molecule has 4 rings (SSSR count). The first-order valence-corrected chi connectivity index (χ1v) is 14.1. The van der Waals surface area contributed by atoms with Crippen molar-refractivity contribution in [3.05, 3.63) is 59.6 Å². The van der Waals surface area contributed by atoms with Crippen molar-refractivity contribution in [2.24, 2.45) is 0 Å². The highest BCUT2D eigenvalue weighted by atomic mass is 32.2. The summed E-state index contributed by atoms with van der Waals surface area (Å²) in [6, 6.07) is 13.7. The monoisotopic (exact) mass is 594 g/mol. The number of hydrogen-bond donors (Lipinski definition) is 2. The van der Waals surface area contributed by atoms with Crippen LogP contribution in [0.25, 0.3) is 11.3 Å². The lowest BCUT2D eigenvalue weighted by molar-refractivity contribution is -0.117. The van der Waals surface area contributed by atoms with Gasteiger partial charge in [-0.05, 0) is 36.0 Å². The van der Waals surface area contributed by atoms with Gasteiger partial charge in [-0.3, -0.25) is 10.1 Å². The minimum Gasteiger partial charge on any atom is -0.493 e. The van der Waals surface area contributed by atoms with Crippen LogP contribution in [0.2, 0.25) is 0 Å². The van der Waals surface area contributed by atoms with E-state index in [2.05, 4.69) is 31.7 Å². The molecule has 0 aliphatic rings. The van der Waals surface area contributed by atoms with Gasteiger partial charge in [-0.25, -0.2) is 19.7 Å². The highest BCUT2D eigenvalue weighted by Crippen LogP contribution is 2.43. The van der Waals surface area contributed by atoms with Crippen LogP contribution >= 0.6 is 34.9 Å². The molecule has 0 radical (unpaired) electrons. The van der Waals surface area contributed by atoms with Gasteiger partial charge in [0.25, 0.3) is 0 Å². The SMILES string of the molecule is COc1cc(-c2nc(SCC(=O)NC(=O)Nc3ccccc3)nc(Sc3nccs3)c2C#N)cc(OC)c1OC. The van der Waals surface area contributed by atoms with Gasteiger partial charge in [0, 0.05) is 22.8 Å². The molecule has 0 spiro atoms. The van der Waals surface area contributed by atoms with Crippen molar-refractivity contribution in [1.82, 2.24) is 20.3 Å². The van der Waals surface area contributed by atoms with E-state index < -0.39 is 11.9 Å². The maximum Gasteiger partial charge on any atom is 0.325 e. The molecule has 2 heterocycles. The van der Waals surface area contributed by atoms with Crippen molar-refractivity contribution in [1.29, 1.82) is 5.26 Å². The van der Waals surface area contributed by atoms with E-state index in [1.165, 1.54) is 44.4 Å². The normalized spacial score (nSPS) is 10.3. The molecule has 0 fully saturated rings. The van der Waals surface area contributed by atoms with Crippen LogP contribution in [0, 0.1) is 11.3 Å². The number of anilines is 1. The summed E-state index contributed by atoms with van der Waals surface area (Å²) in [7, 11) is 4.47. The van der Waals surface area contributed by atoms with Crippen LogP contribution in [0.4, 0.5) is 10.5 Å². The zero-order chi connectivity index (χ0) is 28.5. The number of nitriles is 1. The summed E-state index contributed by atoms with van der Waals surface area (Å²) in [6.07, 6.45) is 1.65. The van der Waals surface area contributed by atoms with Gasteiger partial charge in [0.05, 0.1) is 32.8 Å². The molecular formula is C26H22N6O5S3. The van der Waals surface area contributed by atoms with Gasteiger partial charge in [-0.1, -0.05) is 30.0 Å². The Morgan fingerprint density at radius 1 is 1.05 bits per heavy atom. The number of imide groups is 1. The number of nitrogens with one attached hydrogen (secondary N) is 2. The van der Waals surface area contributed by atoms with E-state index in [0.717, 1.165) is 11.8 Å². The number of para-hydroxylation sites is 1. The molecule has 0 bridgehead atoms. The van der Waals surface area contributed by atoms with E-state index >= 15 is 0 Å². The molecule has 11 nitrogen and oxygen atoms in total. The third-order valence-corrected chi connectivity index (χ3v) is 7.84. The Bertz CT molecular complexity index is 1520. The van der Waals surface area contributed by atoms with Gasteiger partial charge in [0.2, 0.25) is 11.7 Å². The first kappa shape index (κ1) is 28.7. The summed E-state index contributed by atoms with van der Waals surface area (Å²) in [5, 5.41) is 17.4. The van der Waals surface area contributed by atoms with Crippen LogP contribution in [0.5, 0.6) is 17.2 Å². The predicted molar refractivity (Wildman–Crippen MR) is 152 cm³/mol. The molecule has 40 heavy (non-hydrogen) atoms. The quantitative estimate of drug-likeness (QED) is 0.144. The Hall–Kier alpha value is -4.32. The highest BCUT2D eigenvalue weighted by molar-refractivity contribution is 8.01. The molecule has 0 aliphatic heterocycles. The minimum absolute atomic E-state index is 0.149. The smallest absolute Gasteiger partial charge is 0.325 e. The maximum absolute atomic E-state index is 12.5. The van der Waals surface area contributed by atoms with Gasteiger partial charge in [-0.15, -0.1) is 11.3 Å². The summed E-state index contributed by atoms with van der Waals surface area (Å²) < 4.78 is 17.1. The molecule has 2 aromatic carbocycles. The maximum atomic E-state index is 12.5. The third-order valence-electron chi connectivity index (χ3n) is 5.12. The fourth-order valence-corrected chi connectivity index (χ4v) is 5.72. The molecule has 2 N–H and O–H groups in total. The average molecular weight is 595 g/mol. The van der Waals surface area contributed by atoms with Gasteiger partial charge >= 0.3 is 6.03 Å². The number of rotatable bonds is 10. The van der Waals surface area contributed by atoms with Crippen molar-refractivity contribution < 1.29 is 23.8 Å². The van der Waals surface area contributed by atoms with Gasteiger partial charge in [-0.2, -0.15) is 5.26 Å². The molecule has 204 valence electrons. The largest absolute Gasteiger partial charge is 0.493 e. The number of methoxy groups -OCH3 is 3. The number of hydrogen-bond acceptors (Lipinski definition) is 12. The lowest BCUT2D eigenvalue weighted by Crippen LogP contribution is -2.35. The summed E-state index contributed by atoms with van der Waals surface area (Å²) in [5.74, 6) is 0.455. The standard InChI is InChI=1S/C26H22N6O5S3/c1-35-18-11-15(12-19(36-2)22(18)37-3)21-17(13-27)23(40-26-28-9-10-38-26)32-25(31-21)39-14-20(33)30-24(34)29-16-7-5-4-6-8-16/h4-12H,14H2,1-3H3,(H2,29,30,33,34). The Kier molecular flexibility index (Phi) is 9.79. The summed E-state index contributed by atoms with van der Waals surface area (Å²) in [5.41, 5.74) is 1.59. The van der Waals surface area contributed by atoms with Crippen LogP contribution in [0.3, 0.4) is 0 Å². The molecule has 2 aromatic heterocycles. The van der Waals surface area contributed by atoms with Crippen LogP contribution in [-0.4, -0.2) is 54.0 Å². The van der Waals surface area contributed by atoms with Crippen molar-refractivity contribution in [3.63, 3.8) is 0 Å². The van der Waals surface area contributed by atoms with Crippen molar-refractivity contribution in [2.75, 3.05) is 32.4 Å². The number of urea groups is 1. The molecule has 0 atom stereocenters. The molecule has 0 aliphatic carbocycles. The minimum atomic E-state index is -0.657. The van der Waals surface area contributed by atoms with Crippen LogP contribution < -0.4 is 24.8 Å². The van der Waals surface area contributed by atoms with E-state index in [9.17, 15) is 14.9 Å². The fraction of sp³-hybridized carbons (Fsp3) is 0.154. The van der Waals surface area contributed by atoms with Crippen molar-refractivity contribution in [3.8, 4) is 34.6 Å². The van der Waals surface area contributed by atoms with Gasteiger partial charge in [0.1, 0.15) is 16.7 Å². The molecule has 0 saturated carbocycles. The van der Waals surface area contributed by atoms with Gasteiger partial charge < -0.3 is 19.5 Å². The third kappa shape index (κ3) is 7.00. The lowest BCUT2D eigenvalue weighted by Gasteiger charge is -2.15. The lowest BCUT2D eigenvalue weighted by atomic mass is 10.1. The van der Waals surface area contributed by atoms with E-state index in [0.29, 0.717) is 43.6 Å². The summed E-state index contributed by atoms with van der Waals surface area (Å²) in [6.45, 7) is 0. The second kappa shape index (κ2) is 13.7. The highest BCUT2D eigenvalue weighted by Gasteiger charge is 2.22. The number of thioether (sulfide) groups is 1. The fourth-order valence-electron chi connectivity index (χ4n) is 3.41. The van der Waals surface area contributed by atoms with E-state index in [1.807, 2.05) is 11.4 Å². The number of amides is 3. The Morgan fingerprint density at radius 2 is 1.77 bits per heavy atom. The number of carbonyl (C=O) groups is 2. The van der Waals surface area contributed by atoms with Crippen LogP contribution in [0.15, 0.2) is 68.6 Å². The first-order valence-electron chi connectivity index (χ1n) is 11.4. The second-order valence-electron chi connectivity index (χ2n) is 7.62. The molecule has 0 unspecified atom stereocenters. The number of nitrogens with zero attached hydrogens (tertiary/aromatic N) is 4. The summed E-state index contributed by atoms with van der Waals surface area (Å²) in [4.78, 5) is 38.1. The Morgan fingerprint density at radius 3 is 2.38 bits per heavy atom. The second-order valence-corrected chi connectivity index (χ2v) is 10.7.